The van der Waals surface area contributed by atoms with E-state index in [1.54, 1.807) is 7.05 Å². The van der Waals surface area contributed by atoms with E-state index in [0.717, 1.165) is 36.7 Å². The van der Waals surface area contributed by atoms with Crippen molar-refractivity contribution in [1.82, 2.24) is 20.4 Å². The Balaban J connectivity index is 1.90. The smallest absolute Gasteiger partial charge is 0.191 e. The van der Waals surface area contributed by atoms with Crippen LogP contribution < -0.4 is 15.4 Å². The van der Waals surface area contributed by atoms with Crippen LogP contribution in [0, 0.1) is 12.8 Å². The number of aryl methyl sites for hydroxylation is 2. The van der Waals surface area contributed by atoms with Gasteiger partial charge in [0.15, 0.2) is 5.96 Å². The molecular weight excluding hydrogens is 350 g/mol. The Morgan fingerprint density at radius 2 is 2.04 bits per heavy atom. The zero-order valence-electron chi connectivity index (χ0n) is 18.1. The first-order chi connectivity index (χ1) is 13.4. The minimum absolute atomic E-state index is 0.192. The van der Waals surface area contributed by atoms with Gasteiger partial charge in [-0.25, -0.2) is 0 Å². The van der Waals surface area contributed by atoms with Crippen molar-refractivity contribution in [3.8, 4) is 5.75 Å². The zero-order chi connectivity index (χ0) is 20.5. The summed E-state index contributed by atoms with van der Waals surface area (Å²) in [5.41, 5.74) is 3.55. The highest BCUT2D eigenvalue weighted by atomic mass is 16.5. The second kappa shape index (κ2) is 10.7. The lowest BCUT2D eigenvalue weighted by molar-refractivity contribution is 0.191. The third-order valence-electron chi connectivity index (χ3n) is 4.49. The number of nitrogens with zero attached hydrogens (tertiary/aromatic N) is 3. The first-order valence-corrected chi connectivity index (χ1v) is 10.1. The Kier molecular flexibility index (Phi) is 8.36. The molecule has 1 atom stereocenters. The summed E-state index contributed by atoms with van der Waals surface area (Å²) >= 11 is 0. The molecule has 0 saturated carbocycles. The Morgan fingerprint density at radius 3 is 2.68 bits per heavy atom. The Morgan fingerprint density at radius 1 is 1.25 bits per heavy atom. The van der Waals surface area contributed by atoms with Crippen molar-refractivity contribution >= 4 is 5.96 Å². The topological polar surface area (TPSA) is 63.5 Å². The fraction of sp³-hybridized carbons (Fsp3) is 0.545. The molecule has 0 fully saturated rings. The molecule has 2 aromatic rings. The van der Waals surface area contributed by atoms with Gasteiger partial charge in [-0.1, -0.05) is 26.0 Å². The lowest BCUT2D eigenvalue weighted by Gasteiger charge is -2.20. The van der Waals surface area contributed by atoms with Crippen LogP contribution in [-0.2, 0) is 20.0 Å². The van der Waals surface area contributed by atoms with Crippen LogP contribution in [0.4, 0.5) is 0 Å². The molecule has 6 nitrogen and oxygen atoms in total. The number of benzene rings is 1. The molecule has 154 valence electrons. The highest BCUT2D eigenvalue weighted by molar-refractivity contribution is 5.79. The van der Waals surface area contributed by atoms with Gasteiger partial charge in [0.1, 0.15) is 5.75 Å². The van der Waals surface area contributed by atoms with Crippen LogP contribution in [0.3, 0.4) is 0 Å². The standard InChI is InChI=1S/C22H35N5O/c1-16(2)11-18(4)28-21-12-17(3)7-8-20(21)14-25-22(23-5)24-10-9-19-13-26-27(6)15-19/h7-8,12-13,15-16,18H,9-11,14H2,1-6H3,(H2,23,24,25). The Hall–Kier alpha value is -2.50. The predicted octanol–water partition coefficient (Wildman–Crippen LogP) is 3.45. The molecule has 28 heavy (non-hydrogen) atoms. The molecule has 0 radical (unpaired) electrons. The summed E-state index contributed by atoms with van der Waals surface area (Å²) in [5, 5.41) is 10.9. The predicted molar refractivity (Wildman–Crippen MR) is 116 cm³/mol. The minimum atomic E-state index is 0.192. The number of rotatable bonds is 9. The van der Waals surface area contributed by atoms with Gasteiger partial charge in [0, 0.05) is 38.9 Å². The maximum Gasteiger partial charge on any atom is 0.191 e. The van der Waals surface area contributed by atoms with Crippen LogP contribution in [0.25, 0.3) is 0 Å². The lowest BCUT2D eigenvalue weighted by atomic mass is 10.1. The van der Waals surface area contributed by atoms with Gasteiger partial charge < -0.3 is 15.4 Å². The summed E-state index contributed by atoms with van der Waals surface area (Å²) in [6.45, 7) is 10.1. The van der Waals surface area contributed by atoms with Crippen molar-refractivity contribution in [3.63, 3.8) is 0 Å². The normalized spacial score (nSPS) is 12.9. The Bertz CT molecular complexity index is 766. The summed E-state index contributed by atoms with van der Waals surface area (Å²) in [6.07, 6.45) is 6.06. The van der Waals surface area contributed by atoms with E-state index in [9.17, 15) is 0 Å². The van der Waals surface area contributed by atoms with E-state index in [0.29, 0.717) is 12.5 Å². The van der Waals surface area contributed by atoms with Crippen LogP contribution >= 0.6 is 0 Å². The van der Waals surface area contributed by atoms with E-state index >= 15 is 0 Å². The number of hydrogen-bond acceptors (Lipinski definition) is 3. The van der Waals surface area contributed by atoms with E-state index < -0.39 is 0 Å². The van der Waals surface area contributed by atoms with E-state index in [1.165, 1.54) is 11.1 Å². The van der Waals surface area contributed by atoms with E-state index in [1.807, 2.05) is 24.1 Å². The molecule has 0 spiro atoms. The van der Waals surface area contributed by atoms with E-state index in [-0.39, 0.29) is 6.10 Å². The molecule has 0 saturated heterocycles. The summed E-state index contributed by atoms with van der Waals surface area (Å²) in [6, 6.07) is 6.37. The minimum Gasteiger partial charge on any atom is -0.490 e. The Labute approximate surface area is 169 Å². The first kappa shape index (κ1) is 21.8. The molecule has 0 amide bonds. The quantitative estimate of drug-likeness (QED) is 0.513. The number of ether oxygens (including phenoxy) is 1. The van der Waals surface area contributed by atoms with Gasteiger partial charge in [0.2, 0.25) is 0 Å². The SMILES string of the molecule is CN=C(NCCc1cnn(C)c1)NCc1ccc(C)cc1OC(C)CC(C)C. The van der Waals surface area contributed by atoms with Gasteiger partial charge in [-0.3, -0.25) is 9.67 Å². The largest absolute Gasteiger partial charge is 0.490 e. The van der Waals surface area contributed by atoms with Gasteiger partial charge >= 0.3 is 0 Å². The monoisotopic (exact) mass is 385 g/mol. The first-order valence-electron chi connectivity index (χ1n) is 10.1. The molecule has 1 aromatic carbocycles. The molecule has 2 N–H and O–H groups in total. The van der Waals surface area contributed by atoms with Gasteiger partial charge in [-0.2, -0.15) is 5.10 Å². The lowest BCUT2D eigenvalue weighted by Crippen LogP contribution is -2.38. The molecular formula is C22H35N5O. The van der Waals surface area contributed by atoms with Crippen molar-refractivity contribution in [3.05, 3.63) is 47.3 Å². The van der Waals surface area contributed by atoms with Crippen LogP contribution in [0.1, 0.15) is 43.9 Å². The fourth-order valence-electron chi connectivity index (χ4n) is 3.17. The summed E-state index contributed by atoms with van der Waals surface area (Å²) in [7, 11) is 3.72. The van der Waals surface area contributed by atoms with Crippen molar-refractivity contribution < 1.29 is 4.74 Å². The molecule has 1 aromatic heterocycles. The van der Waals surface area contributed by atoms with Gasteiger partial charge in [0.25, 0.3) is 0 Å². The highest BCUT2D eigenvalue weighted by Crippen LogP contribution is 2.23. The number of guanidine groups is 1. The van der Waals surface area contributed by atoms with E-state index in [2.05, 4.69) is 66.6 Å². The zero-order valence-corrected chi connectivity index (χ0v) is 18.1. The maximum absolute atomic E-state index is 6.23. The second-order valence-corrected chi connectivity index (χ2v) is 7.79. The summed E-state index contributed by atoms with van der Waals surface area (Å²) < 4.78 is 8.06. The number of aliphatic imine (C=N–C) groups is 1. The van der Waals surface area contributed by atoms with Crippen LogP contribution in [-0.4, -0.2) is 35.4 Å². The molecule has 1 unspecified atom stereocenters. The molecule has 0 aliphatic carbocycles. The molecule has 2 rings (SSSR count). The van der Waals surface area contributed by atoms with Crippen molar-refractivity contribution in [1.29, 1.82) is 0 Å². The van der Waals surface area contributed by atoms with E-state index in [4.69, 9.17) is 4.74 Å². The van der Waals surface area contributed by atoms with Crippen LogP contribution in [0.2, 0.25) is 0 Å². The number of aromatic nitrogens is 2. The van der Waals surface area contributed by atoms with Gasteiger partial charge in [-0.05, 0) is 49.8 Å². The van der Waals surface area contributed by atoms with Crippen molar-refractivity contribution in [2.75, 3.05) is 13.6 Å². The van der Waals surface area contributed by atoms with Gasteiger partial charge in [0.05, 0.1) is 12.3 Å². The third kappa shape index (κ3) is 7.25. The number of hydrogen-bond donors (Lipinski definition) is 2. The molecule has 0 aliphatic rings. The van der Waals surface area contributed by atoms with Crippen molar-refractivity contribution in [2.24, 2.45) is 18.0 Å². The second-order valence-electron chi connectivity index (χ2n) is 7.79. The highest BCUT2D eigenvalue weighted by Gasteiger charge is 2.11. The third-order valence-corrected chi connectivity index (χ3v) is 4.49. The van der Waals surface area contributed by atoms with Crippen molar-refractivity contribution in [2.45, 2.75) is 53.2 Å². The average Bonchev–Trinajstić information content (AvgIpc) is 3.03. The average molecular weight is 386 g/mol. The molecule has 0 bridgehead atoms. The number of nitrogens with one attached hydrogen (secondary N) is 2. The van der Waals surface area contributed by atoms with Gasteiger partial charge in [-0.15, -0.1) is 0 Å². The summed E-state index contributed by atoms with van der Waals surface area (Å²) in [4.78, 5) is 4.32. The summed E-state index contributed by atoms with van der Waals surface area (Å²) in [5.74, 6) is 2.35. The fourth-order valence-corrected chi connectivity index (χ4v) is 3.17. The van der Waals surface area contributed by atoms with Crippen LogP contribution in [0.15, 0.2) is 35.6 Å². The maximum atomic E-state index is 6.23. The molecule has 0 aliphatic heterocycles. The molecule has 6 heteroatoms. The molecule has 1 heterocycles. The van der Waals surface area contributed by atoms with Crippen LogP contribution in [0.5, 0.6) is 5.75 Å².